The first-order valence-electron chi connectivity index (χ1n) is 6.83. The molecule has 2 rings (SSSR count). The van der Waals surface area contributed by atoms with Gasteiger partial charge in [0.15, 0.2) is 0 Å². The smallest absolute Gasteiger partial charge is 0.125 e. The lowest BCUT2D eigenvalue weighted by molar-refractivity contribution is 0.396. The highest BCUT2D eigenvalue weighted by Crippen LogP contribution is 2.31. The molecule has 0 aliphatic carbocycles. The fraction of sp³-hybridized carbons (Fsp3) is 0.375. The zero-order valence-corrected chi connectivity index (χ0v) is 13.4. The van der Waals surface area contributed by atoms with Gasteiger partial charge < -0.3 is 10.1 Å². The first-order valence-corrected chi connectivity index (χ1v) is 8.09. The van der Waals surface area contributed by atoms with Gasteiger partial charge in [-0.2, -0.15) is 0 Å². The van der Waals surface area contributed by atoms with Crippen molar-refractivity contribution in [2.45, 2.75) is 25.8 Å². The number of ether oxygens (including phenoxy) is 1. The normalized spacial score (nSPS) is 12.3. The fourth-order valence-electron chi connectivity index (χ4n) is 2.33. The summed E-state index contributed by atoms with van der Waals surface area (Å²) in [6.07, 6.45) is 2.12. The van der Waals surface area contributed by atoms with Gasteiger partial charge in [-0.3, -0.25) is 0 Å². The molecular formula is C16H20ClNOS. The molecule has 1 heterocycles. The molecule has 20 heavy (non-hydrogen) atoms. The van der Waals surface area contributed by atoms with Crippen LogP contribution in [0.25, 0.3) is 0 Å². The summed E-state index contributed by atoms with van der Waals surface area (Å²) in [6.45, 7) is 3.06. The largest absolute Gasteiger partial charge is 0.496 e. The molecule has 2 nitrogen and oxygen atoms in total. The van der Waals surface area contributed by atoms with Crippen LogP contribution in [0.3, 0.4) is 0 Å². The molecule has 0 bridgehead atoms. The molecule has 1 aromatic heterocycles. The van der Waals surface area contributed by atoms with Crippen molar-refractivity contribution in [3.8, 4) is 5.75 Å². The van der Waals surface area contributed by atoms with E-state index in [1.165, 1.54) is 10.4 Å². The molecule has 1 N–H and O–H groups in total. The van der Waals surface area contributed by atoms with E-state index in [4.69, 9.17) is 16.3 Å². The van der Waals surface area contributed by atoms with Gasteiger partial charge in [-0.25, -0.2) is 0 Å². The standard InChI is InChI=1S/C16H20ClNOS/c1-3-18-15(9-7-13-5-4-10-20-13)14-8-6-12(17)11-16(14)19-2/h4-6,8,10-11,15,18H,3,7,9H2,1-2H3. The summed E-state index contributed by atoms with van der Waals surface area (Å²) in [4.78, 5) is 1.42. The van der Waals surface area contributed by atoms with Crippen LogP contribution in [0, 0.1) is 0 Å². The fourth-order valence-corrected chi connectivity index (χ4v) is 3.22. The molecule has 0 spiro atoms. The van der Waals surface area contributed by atoms with Crippen molar-refractivity contribution in [2.24, 2.45) is 0 Å². The van der Waals surface area contributed by atoms with Crippen molar-refractivity contribution in [3.05, 3.63) is 51.2 Å². The van der Waals surface area contributed by atoms with Gasteiger partial charge in [-0.05, 0) is 43.0 Å². The van der Waals surface area contributed by atoms with Crippen LogP contribution in [0.4, 0.5) is 0 Å². The average molecular weight is 310 g/mol. The molecule has 108 valence electrons. The van der Waals surface area contributed by atoms with E-state index in [-0.39, 0.29) is 6.04 Å². The minimum absolute atomic E-state index is 0.286. The minimum atomic E-state index is 0.286. The second kappa shape index (κ2) is 7.67. The molecule has 0 saturated heterocycles. The van der Waals surface area contributed by atoms with Crippen molar-refractivity contribution in [3.63, 3.8) is 0 Å². The topological polar surface area (TPSA) is 21.3 Å². The number of hydrogen-bond acceptors (Lipinski definition) is 3. The third-order valence-electron chi connectivity index (χ3n) is 3.28. The Balaban J connectivity index is 2.14. The van der Waals surface area contributed by atoms with Gasteiger partial charge in [0.25, 0.3) is 0 Å². The Labute approximate surface area is 129 Å². The minimum Gasteiger partial charge on any atom is -0.496 e. The van der Waals surface area contributed by atoms with Gasteiger partial charge in [0, 0.05) is 21.5 Å². The highest BCUT2D eigenvalue weighted by Gasteiger charge is 2.15. The van der Waals surface area contributed by atoms with Gasteiger partial charge in [0.1, 0.15) is 5.75 Å². The van der Waals surface area contributed by atoms with Crippen LogP contribution in [-0.2, 0) is 6.42 Å². The average Bonchev–Trinajstić information content (AvgIpc) is 2.97. The summed E-state index contributed by atoms with van der Waals surface area (Å²) >= 11 is 7.85. The number of benzene rings is 1. The Morgan fingerprint density at radius 3 is 2.85 bits per heavy atom. The van der Waals surface area contributed by atoms with Gasteiger partial charge in [-0.15, -0.1) is 11.3 Å². The quantitative estimate of drug-likeness (QED) is 0.801. The number of aryl methyl sites for hydroxylation is 1. The number of methoxy groups -OCH3 is 1. The van der Waals surface area contributed by atoms with E-state index >= 15 is 0 Å². The zero-order valence-electron chi connectivity index (χ0n) is 11.9. The van der Waals surface area contributed by atoms with Crippen molar-refractivity contribution in [2.75, 3.05) is 13.7 Å². The van der Waals surface area contributed by atoms with Gasteiger partial charge in [0.2, 0.25) is 0 Å². The monoisotopic (exact) mass is 309 g/mol. The molecule has 0 amide bonds. The van der Waals surface area contributed by atoms with Crippen LogP contribution < -0.4 is 10.1 Å². The lowest BCUT2D eigenvalue weighted by atomic mass is 10.0. The number of rotatable bonds is 7. The van der Waals surface area contributed by atoms with Crippen LogP contribution in [0.5, 0.6) is 5.75 Å². The Hall–Kier alpha value is -1.03. The molecule has 0 radical (unpaired) electrons. The summed E-state index contributed by atoms with van der Waals surface area (Å²) < 4.78 is 5.47. The highest BCUT2D eigenvalue weighted by molar-refractivity contribution is 7.09. The zero-order chi connectivity index (χ0) is 14.4. The van der Waals surface area contributed by atoms with Crippen molar-refractivity contribution < 1.29 is 4.74 Å². The number of thiophene rings is 1. The summed E-state index contributed by atoms with van der Waals surface area (Å²) in [5.74, 6) is 0.856. The number of nitrogens with one attached hydrogen (secondary N) is 1. The van der Waals surface area contributed by atoms with E-state index < -0.39 is 0 Å². The summed E-state index contributed by atoms with van der Waals surface area (Å²) in [6, 6.07) is 10.4. The molecular weight excluding hydrogens is 290 g/mol. The maximum Gasteiger partial charge on any atom is 0.125 e. The Kier molecular flexibility index (Phi) is 5.89. The van der Waals surface area contributed by atoms with Gasteiger partial charge in [-0.1, -0.05) is 30.7 Å². The highest BCUT2D eigenvalue weighted by atomic mass is 35.5. The van der Waals surface area contributed by atoms with Crippen molar-refractivity contribution in [1.82, 2.24) is 5.32 Å². The van der Waals surface area contributed by atoms with Crippen LogP contribution in [-0.4, -0.2) is 13.7 Å². The van der Waals surface area contributed by atoms with Crippen LogP contribution in [0.1, 0.15) is 29.8 Å². The molecule has 0 aliphatic rings. The van der Waals surface area contributed by atoms with Gasteiger partial charge >= 0.3 is 0 Å². The SMILES string of the molecule is CCNC(CCc1cccs1)c1ccc(Cl)cc1OC. The predicted molar refractivity (Wildman–Crippen MR) is 87.1 cm³/mol. The molecule has 0 aliphatic heterocycles. The second-order valence-electron chi connectivity index (χ2n) is 4.61. The van der Waals surface area contributed by atoms with Crippen LogP contribution in [0.15, 0.2) is 35.7 Å². The van der Waals surface area contributed by atoms with Crippen molar-refractivity contribution >= 4 is 22.9 Å². The second-order valence-corrected chi connectivity index (χ2v) is 6.08. The predicted octanol–water partition coefficient (Wildman–Crippen LogP) is 4.69. The summed E-state index contributed by atoms with van der Waals surface area (Å²) in [5.41, 5.74) is 1.18. The Bertz CT molecular complexity index is 527. The van der Waals surface area contributed by atoms with Crippen LogP contribution >= 0.6 is 22.9 Å². The third-order valence-corrected chi connectivity index (χ3v) is 4.45. The van der Waals surface area contributed by atoms with Crippen LogP contribution in [0.2, 0.25) is 5.02 Å². The molecule has 1 atom stereocenters. The number of hydrogen-bond donors (Lipinski definition) is 1. The molecule has 0 fully saturated rings. The molecule has 1 unspecified atom stereocenters. The molecule has 0 saturated carbocycles. The molecule has 2 aromatic rings. The van der Waals surface area contributed by atoms with E-state index in [0.29, 0.717) is 5.02 Å². The van der Waals surface area contributed by atoms with Crippen molar-refractivity contribution in [1.29, 1.82) is 0 Å². The first-order chi connectivity index (χ1) is 9.74. The number of halogens is 1. The van der Waals surface area contributed by atoms with E-state index in [0.717, 1.165) is 25.1 Å². The first kappa shape index (κ1) is 15.4. The summed E-state index contributed by atoms with van der Waals surface area (Å²) in [7, 11) is 1.69. The summed E-state index contributed by atoms with van der Waals surface area (Å²) in [5, 5.41) is 6.37. The lowest BCUT2D eigenvalue weighted by Gasteiger charge is -2.20. The lowest BCUT2D eigenvalue weighted by Crippen LogP contribution is -2.22. The maximum absolute atomic E-state index is 6.04. The van der Waals surface area contributed by atoms with E-state index in [1.54, 1.807) is 7.11 Å². The Morgan fingerprint density at radius 1 is 1.35 bits per heavy atom. The molecule has 4 heteroatoms. The third kappa shape index (κ3) is 3.98. The van der Waals surface area contributed by atoms with E-state index in [1.807, 2.05) is 23.5 Å². The van der Waals surface area contributed by atoms with E-state index in [2.05, 4.69) is 35.8 Å². The van der Waals surface area contributed by atoms with Gasteiger partial charge in [0.05, 0.1) is 7.11 Å². The Morgan fingerprint density at radius 2 is 2.20 bits per heavy atom. The van der Waals surface area contributed by atoms with E-state index in [9.17, 15) is 0 Å². The maximum atomic E-state index is 6.04. The molecule has 1 aromatic carbocycles.